The van der Waals surface area contributed by atoms with E-state index >= 15 is 0 Å². The lowest BCUT2D eigenvalue weighted by Crippen LogP contribution is -2.09. The number of hydrogen-bond donors (Lipinski definition) is 0. The van der Waals surface area contributed by atoms with E-state index in [1.165, 1.54) is 12.1 Å². The van der Waals surface area contributed by atoms with Gasteiger partial charge in [0.25, 0.3) is 0 Å². The van der Waals surface area contributed by atoms with Crippen molar-refractivity contribution in [2.24, 2.45) is 0 Å². The van der Waals surface area contributed by atoms with Crippen LogP contribution in [0.15, 0.2) is 53.0 Å². The summed E-state index contributed by atoms with van der Waals surface area (Å²) in [5.41, 5.74) is 1.88. The molecular weight excluding hydrogens is 302 g/mol. The molecule has 0 saturated carbocycles. The zero-order chi connectivity index (χ0) is 13.1. The Balaban J connectivity index is 2.27. The van der Waals surface area contributed by atoms with E-state index in [0.717, 1.165) is 15.6 Å². The number of alkyl halides is 2. The largest absolute Gasteiger partial charge is 0.300 e. The van der Waals surface area contributed by atoms with Gasteiger partial charge in [-0.25, -0.2) is 8.78 Å². The van der Waals surface area contributed by atoms with Gasteiger partial charge < -0.3 is 0 Å². The second-order valence-electron chi connectivity index (χ2n) is 3.75. The van der Waals surface area contributed by atoms with Crippen molar-refractivity contribution < 1.29 is 13.6 Å². The molecule has 0 N–H and O–H groups in total. The maximum atomic E-state index is 12.2. The topological polar surface area (TPSA) is 17.1 Å². The van der Waals surface area contributed by atoms with Crippen LogP contribution in [0.3, 0.4) is 0 Å². The number of halogens is 3. The van der Waals surface area contributed by atoms with Crippen LogP contribution in [0.4, 0.5) is 8.78 Å². The van der Waals surface area contributed by atoms with E-state index in [4.69, 9.17) is 0 Å². The number of carbonyl (C=O) groups is 1. The summed E-state index contributed by atoms with van der Waals surface area (Å²) in [6.07, 6.45) is -2.96. The third-order valence-electron chi connectivity index (χ3n) is 2.55. The molecular formula is C14H9BrF2O. The van der Waals surface area contributed by atoms with E-state index in [1.807, 2.05) is 24.3 Å². The SMILES string of the molecule is O=C(c1ccc(-c2ccc(Br)cc2)cc1)C(F)F. The van der Waals surface area contributed by atoms with Gasteiger partial charge in [-0.15, -0.1) is 0 Å². The van der Waals surface area contributed by atoms with Gasteiger partial charge >= 0.3 is 6.43 Å². The Morgan fingerprint density at radius 3 is 1.78 bits per heavy atom. The molecule has 0 aliphatic carbocycles. The average molecular weight is 311 g/mol. The van der Waals surface area contributed by atoms with Gasteiger partial charge in [0.2, 0.25) is 5.78 Å². The van der Waals surface area contributed by atoms with Crippen LogP contribution in [0.25, 0.3) is 11.1 Å². The lowest BCUT2D eigenvalue weighted by atomic mass is 10.0. The van der Waals surface area contributed by atoms with Crippen LogP contribution in [0, 0.1) is 0 Å². The van der Waals surface area contributed by atoms with Crippen molar-refractivity contribution in [2.45, 2.75) is 6.43 Å². The summed E-state index contributed by atoms with van der Waals surface area (Å²) >= 11 is 3.34. The highest BCUT2D eigenvalue weighted by molar-refractivity contribution is 9.10. The van der Waals surface area contributed by atoms with Crippen molar-refractivity contribution in [3.63, 3.8) is 0 Å². The minimum atomic E-state index is -2.96. The fraction of sp³-hybridized carbons (Fsp3) is 0.0714. The molecule has 0 saturated heterocycles. The molecule has 4 heteroatoms. The van der Waals surface area contributed by atoms with Crippen molar-refractivity contribution in [1.82, 2.24) is 0 Å². The van der Waals surface area contributed by atoms with Gasteiger partial charge in [-0.2, -0.15) is 0 Å². The molecule has 0 atom stereocenters. The molecule has 0 bridgehead atoms. The predicted molar refractivity (Wildman–Crippen MR) is 69.9 cm³/mol. The first-order chi connectivity index (χ1) is 8.58. The maximum absolute atomic E-state index is 12.2. The molecule has 0 fully saturated rings. The van der Waals surface area contributed by atoms with E-state index in [0.29, 0.717) is 0 Å². The highest BCUT2D eigenvalue weighted by Crippen LogP contribution is 2.22. The normalized spacial score (nSPS) is 10.7. The molecule has 1 nitrogen and oxygen atoms in total. The smallest absolute Gasteiger partial charge is 0.288 e. The van der Waals surface area contributed by atoms with Crippen LogP contribution in [-0.2, 0) is 0 Å². The van der Waals surface area contributed by atoms with Crippen molar-refractivity contribution in [1.29, 1.82) is 0 Å². The highest BCUT2D eigenvalue weighted by atomic mass is 79.9. The van der Waals surface area contributed by atoms with Crippen molar-refractivity contribution in [3.8, 4) is 11.1 Å². The highest BCUT2D eigenvalue weighted by Gasteiger charge is 2.17. The predicted octanol–water partition coefficient (Wildman–Crippen LogP) is 4.56. The molecule has 0 aliphatic heterocycles. The zero-order valence-corrected chi connectivity index (χ0v) is 10.8. The van der Waals surface area contributed by atoms with Gasteiger partial charge in [0, 0.05) is 10.0 Å². The summed E-state index contributed by atoms with van der Waals surface area (Å²) in [5.74, 6) is -1.14. The Kier molecular flexibility index (Phi) is 3.87. The molecule has 0 amide bonds. The number of ketones is 1. The Labute approximate surface area is 112 Å². The summed E-state index contributed by atoms with van der Waals surface area (Å²) in [6, 6.07) is 13.8. The first kappa shape index (κ1) is 12.9. The third-order valence-corrected chi connectivity index (χ3v) is 3.07. The molecule has 2 rings (SSSR count). The summed E-state index contributed by atoms with van der Waals surface area (Å²) < 4.78 is 25.4. The molecule has 2 aromatic rings. The summed E-state index contributed by atoms with van der Waals surface area (Å²) in [6.45, 7) is 0. The van der Waals surface area contributed by atoms with E-state index in [1.54, 1.807) is 12.1 Å². The summed E-state index contributed by atoms with van der Waals surface area (Å²) in [4.78, 5) is 11.1. The molecule has 92 valence electrons. The van der Waals surface area contributed by atoms with Gasteiger partial charge in [0.15, 0.2) is 0 Å². The minimum absolute atomic E-state index is 0.0332. The molecule has 0 heterocycles. The van der Waals surface area contributed by atoms with Crippen molar-refractivity contribution in [2.75, 3.05) is 0 Å². The molecule has 0 aromatic heterocycles. The van der Waals surface area contributed by atoms with Crippen LogP contribution in [0.1, 0.15) is 10.4 Å². The monoisotopic (exact) mass is 310 g/mol. The number of rotatable bonds is 3. The molecule has 0 radical (unpaired) electrons. The fourth-order valence-electron chi connectivity index (χ4n) is 1.60. The van der Waals surface area contributed by atoms with Gasteiger partial charge in [-0.3, -0.25) is 4.79 Å². The van der Waals surface area contributed by atoms with Crippen molar-refractivity contribution >= 4 is 21.7 Å². The Bertz CT molecular complexity index is 547. The number of hydrogen-bond acceptors (Lipinski definition) is 1. The van der Waals surface area contributed by atoms with Gasteiger partial charge in [0.05, 0.1) is 0 Å². The fourth-order valence-corrected chi connectivity index (χ4v) is 1.86. The van der Waals surface area contributed by atoms with E-state index in [9.17, 15) is 13.6 Å². The lowest BCUT2D eigenvalue weighted by molar-refractivity contribution is 0.0679. The minimum Gasteiger partial charge on any atom is -0.288 e. The van der Waals surface area contributed by atoms with Crippen LogP contribution in [-0.4, -0.2) is 12.2 Å². The molecule has 0 spiro atoms. The second kappa shape index (κ2) is 5.40. The first-order valence-corrected chi connectivity index (χ1v) is 6.05. The first-order valence-electron chi connectivity index (χ1n) is 5.26. The van der Waals surface area contributed by atoms with Crippen LogP contribution in [0.5, 0.6) is 0 Å². The van der Waals surface area contributed by atoms with E-state index in [-0.39, 0.29) is 5.56 Å². The summed E-state index contributed by atoms with van der Waals surface area (Å²) in [5, 5.41) is 0. The quantitative estimate of drug-likeness (QED) is 0.759. The third kappa shape index (κ3) is 2.82. The molecule has 0 unspecified atom stereocenters. The van der Waals surface area contributed by atoms with Gasteiger partial charge in [0.1, 0.15) is 0 Å². The van der Waals surface area contributed by atoms with E-state index in [2.05, 4.69) is 15.9 Å². The zero-order valence-electron chi connectivity index (χ0n) is 9.24. The number of benzene rings is 2. The van der Waals surface area contributed by atoms with Gasteiger partial charge in [-0.1, -0.05) is 52.3 Å². The molecule has 18 heavy (non-hydrogen) atoms. The number of carbonyl (C=O) groups excluding carboxylic acids is 1. The van der Waals surface area contributed by atoms with Crippen molar-refractivity contribution in [3.05, 3.63) is 58.6 Å². The average Bonchev–Trinajstić information content (AvgIpc) is 2.39. The molecule has 2 aromatic carbocycles. The standard InChI is InChI=1S/C14H9BrF2O/c15-12-7-5-10(6-8-12)9-1-3-11(4-2-9)13(18)14(16)17/h1-8,14H. The van der Waals surface area contributed by atoms with Crippen LogP contribution in [0.2, 0.25) is 0 Å². The second-order valence-corrected chi connectivity index (χ2v) is 4.66. The Morgan fingerprint density at radius 1 is 0.889 bits per heavy atom. The Morgan fingerprint density at radius 2 is 1.33 bits per heavy atom. The maximum Gasteiger partial charge on any atom is 0.300 e. The van der Waals surface area contributed by atoms with E-state index < -0.39 is 12.2 Å². The Hall–Kier alpha value is -1.55. The van der Waals surface area contributed by atoms with Crippen LogP contribution < -0.4 is 0 Å². The molecule has 0 aliphatic rings. The number of Topliss-reactive ketones (excluding diaryl/α,β-unsaturated/α-hetero) is 1. The summed E-state index contributed by atoms with van der Waals surface area (Å²) in [7, 11) is 0. The lowest BCUT2D eigenvalue weighted by Gasteiger charge is -2.04. The van der Waals surface area contributed by atoms with Crippen LogP contribution >= 0.6 is 15.9 Å². The van der Waals surface area contributed by atoms with Gasteiger partial charge in [-0.05, 0) is 23.3 Å².